The lowest BCUT2D eigenvalue weighted by Crippen LogP contribution is -2.35. The number of aliphatic carboxylic acids is 1. The Hall–Kier alpha value is -1.52. The SMILES string of the molecule is CCCN(CC(=O)O)C(=O)/C=C/c1cc(Cl)ccc1Cl. The molecule has 0 aliphatic heterocycles. The van der Waals surface area contributed by atoms with Crippen LogP contribution in [0.15, 0.2) is 24.3 Å². The lowest BCUT2D eigenvalue weighted by Gasteiger charge is -2.17. The van der Waals surface area contributed by atoms with Crippen molar-refractivity contribution in [1.82, 2.24) is 4.90 Å². The van der Waals surface area contributed by atoms with Crippen molar-refractivity contribution in [2.24, 2.45) is 0 Å². The highest BCUT2D eigenvalue weighted by atomic mass is 35.5. The van der Waals surface area contributed by atoms with Crippen LogP contribution < -0.4 is 0 Å². The zero-order valence-corrected chi connectivity index (χ0v) is 12.5. The third kappa shape index (κ3) is 5.23. The first kappa shape index (κ1) is 16.5. The summed E-state index contributed by atoms with van der Waals surface area (Å²) in [4.78, 5) is 23.9. The molecule has 0 bridgehead atoms. The van der Waals surface area contributed by atoms with Crippen LogP contribution in [-0.4, -0.2) is 35.0 Å². The van der Waals surface area contributed by atoms with E-state index in [-0.39, 0.29) is 12.5 Å². The second-order valence-corrected chi connectivity index (χ2v) is 5.00. The van der Waals surface area contributed by atoms with Gasteiger partial charge in [-0.15, -0.1) is 0 Å². The average Bonchev–Trinajstić information content (AvgIpc) is 2.38. The molecule has 1 aromatic carbocycles. The van der Waals surface area contributed by atoms with Crippen LogP contribution in [0.1, 0.15) is 18.9 Å². The lowest BCUT2D eigenvalue weighted by molar-refractivity contribution is -0.142. The van der Waals surface area contributed by atoms with Crippen molar-refractivity contribution in [3.05, 3.63) is 39.9 Å². The molecule has 0 heterocycles. The van der Waals surface area contributed by atoms with Crippen LogP contribution in [-0.2, 0) is 9.59 Å². The van der Waals surface area contributed by atoms with Crippen molar-refractivity contribution >= 4 is 41.2 Å². The van der Waals surface area contributed by atoms with Gasteiger partial charge >= 0.3 is 5.97 Å². The minimum atomic E-state index is -1.04. The molecule has 0 saturated carbocycles. The number of halogens is 2. The third-order valence-corrected chi connectivity index (χ3v) is 3.07. The second kappa shape index (κ2) is 7.92. The molecule has 1 N–H and O–H groups in total. The molecule has 0 aromatic heterocycles. The van der Waals surface area contributed by atoms with Crippen molar-refractivity contribution in [2.45, 2.75) is 13.3 Å². The summed E-state index contributed by atoms with van der Waals surface area (Å²) in [6, 6.07) is 4.92. The minimum absolute atomic E-state index is 0.319. The fourth-order valence-corrected chi connectivity index (χ4v) is 1.97. The van der Waals surface area contributed by atoms with Gasteiger partial charge in [0, 0.05) is 22.7 Å². The Bertz CT molecular complexity index is 529. The van der Waals surface area contributed by atoms with Gasteiger partial charge in [0.2, 0.25) is 5.91 Å². The summed E-state index contributed by atoms with van der Waals surface area (Å²) < 4.78 is 0. The Kier molecular flexibility index (Phi) is 6.55. The van der Waals surface area contributed by atoms with Gasteiger partial charge in [-0.2, -0.15) is 0 Å². The van der Waals surface area contributed by atoms with Crippen LogP contribution in [0.2, 0.25) is 10.0 Å². The van der Waals surface area contributed by atoms with Gasteiger partial charge < -0.3 is 10.0 Å². The first-order chi connectivity index (χ1) is 9.43. The number of amides is 1. The van der Waals surface area contributed by atoms with E-state index >= 15 is 0 Å². The number of benzene rings is 1. The number of carbonyl (C=O) groups excluding carboxylic acids is 1. The fraction of sp³-hybridized carbons (Fsp3) is 0.286. The molecule has 0 fully saturated rings. The van der Waals surface area contributed by atoms with Gasteiger partial charge in [0.05, 0.1) is 0 Å². The quantitative estimate of drug-likeness (QED) is 0.819. The molecule has 1 rings (SSSR count). The van der Waals surface area contributed by atoms with Crippen molar-refractivity contribution < 1.29 is 14.7 Å². The van der Waals surface area contributed by atoms with Gasteiger partial charge in [-0.1, -0.05) is 30.1 Å². The molecule has 1 amide bonds. The van der Waals surface area contributed by atoms with E-state index in [1.165, 1.54) is 17.1 Å². The largest absolute Gasteiger partial charge is 0.480 e. The third-order valence-electron chi connectivity index (χ3n) is 2.49. The Labute approximate surface area is 127 Å². The van der Waals surface area contributed by atoms with Gasteiger partial charge in [0.1, 0.15) is 6.54 Å². The Morgan fingerprint density at radius 2 is 2.05 bits per heavy atom. The van der Waals surface area contributed by atoms with E-state index in [4.69, 9.17) is 28.3 Å². The number of rotatable bonds is 6. The summed E-state index contributed by atoms with van der Waals surface area (Å²) in [6.07, 6.45) is 3.52. The predicted molar refractivity (Wildman–Crippen MR) is 80.0 cm³/mol. The van der Waals surface area contributed by atoms with Crippen molar-refractivity contribution in [2.75, 3.05) is 13.1 Å². The molecule has 4 nitrogen and oxygen atoms in total. The highest BCUT2D eigenvalue weighted by molar-refractivity contribution is 6.34. The summed E-state index contributed by atoms with van der Waals surface area (Å²) >= 11 is 11.8. The van der Waals surface area contributed by atoms with E-state index in [2.05, 4.69) is 0 Å². The van der Waals surface area contributed by atoms with E-state index < -0.39 is 5.97 Å². The van der Waals surface area contributed by atoms with Crippen molar-refractivity contribution in [3.8, 4) is 0 Å². The van der Waals surface area contributed by atoms with E-state index in [1.54, 1.807) is 18.2 Å². The molecule has 0 unspecified atom stereocenters. The summed E-state index contributed by atoms with van der Waals surface area (Å²) in [5.74, 6) is -1.41. The zero-order valence-electron chi connectivity index (χ0n) is 11.0. The minimum Gasteiger partial charge on any atom is -0.480 e. The molecule has 6 heteroatoms. The number of carboxylic acid groups (broad SMARTS) is 1. The normalized spacial score (nSPS) is 10.8. The van der Waals surface area contributed by atoms with Gasteiger partial charge in [-0.05, 0) is 36.3 Å². The molecular weight excluding hydrogens is 301 g/mol. The molecule has 0 spiro atoms. The monoisotopic (exact) mass is 315 g/mol. The Morgan fingerprint density at radius 3 is 2.65 bits per heavy atom. The summed E-state index contributed by atoms with van der Waals surface area (Å²) in [5, 5.41) is 9.75. The smallest absolute Gasteiger partial charge is 0.323 e. The number of hydrogen-bond acceptors (Lipinski definition) is 2. The number of carboxylic acids is 1. The van der Waals surface area contributed by atoms with E-state index in [9.17, 15) is 9.59 Å². The Balaban J connectivity index is 2.83. The van der Waals surface area contributed by atoms with Crippen LogP contribution in [0.5, 0.6) is 0 Å². The summed E-state index contributed by atoms with van der Waals surface area (Å²) in [5.41, 5.74) is 0.610. The van der Waals surface area contributed by atoms with E-state index in [1.807, 2.05) is 6.92 Å². The van der Waals surface area contributed by atoms with Gasteiger partial charge in [0.25, 0.3) is 0 Å². The van der Waals surface area contributed by atoms with Gasteiger partial charge in [-0.3, -0.25) is 9.59 Å². The molecule has 0 radical (unpaired) electrons. The fourth-order valence-electron chi connectivity index (χ4n) is 1.61. The topological polar surface area (TPSA) is 57.6 Å². The number of nitrogens with zero attached hydrogens (tertiary/aromatic N) is 1. The molecule has 0 aliphatic rings. The average molecular weight is 316 g/mol. The molecule has 108 valence electrons. The van der Waals surface area contributed by atoms with Crippen molar-refractivity contribution in [3.63, 3.8) is 0 Å². The predicted octanol–water partition coefficient (Wildman–Crippen LogP) is 3.33. The molecule has 20 heavy (non-hydrogen) atoms. The molecule has 1 aromatic rings. The molecular formula is C14H15Cl2NO3. The zero-order chi connectivity index (χ0) is 15.1. The highest BCUT2D eigenvalue weighted by Gasteiger charge is 2.13. The number of hydrogen-bond donors (Lipinski definition) is 1. The summed E-state index contributed by atoms with van der Waals surface area (Å²) in [7, 11) is 0. The Morgan fingerprint density at radius 1 is 1.35 bits per heavy atom. The second-order valence-electron chi connectivity index (χ2n) is 4.15. The van der Waals surface area contributed by atoms with Crippen LogP contribution in [0.25, 0.3) is 6.08 Å². The first-order valence-corrected chi connectivity index (χ1v) is 6.83. The van der Waals surface area contributed by atoms with Crippen molar-refractivity contribution in [1.29, 1.82) is 0 Å². The standard InChI is InChI=1S/C14H15Cl2NO3/c1-2-7-17(9-14(19)20)13(18)6-3-10-8-11(15)4-5-12(10)16/h3-6,8H,2,7,9H2,1H3,(H,19,20)/b6-3+. The van der Waals surface area contributed by atoms with Gasteiger partial charge in [-0.25, -0.2) is 0 Å². The van der Waals surface area contributed by atoms with Gasteiger partial charge in [0.15, 0.2) is 0 Å². The lowest BCUT2D eigenvalue weighted by atomic mass is 10.2. The van der Waals surface area contributed by atoms with Crippen LogP contribution in [0.4, 0.5) is 0 Å². The van der Waals surface area contributed by atoms with Crippen LogP contribution in [0, 0.1) is 0 Å². The maximum absolute atomic E-state index is 11.9. The number of carbonyl (C=O) groups is 2. The molecule has 0 aliphatic carbocycles. The maximum Gasteiger partial charge on any atom is 0.323 e. The molecule has 0 saturated heterocycles. The van der Waals surface area contributed by atoms with E-state index in [0.29, 0.717) is 28.6 Å². The molecule has 0 atom stereocenters. The highest BCUT2D eigenvalue weighted by Crippen LogP contribution is 2.21. The van der Waals surface area contributed by atoms with Crippen LogP contribution in [0.3, 0.4) is 0 Å². The van der Waals surface area contributed by atoms with E-state index in [0.717, 1.165) is 0 Å². The van der Waals surface area contributed by atoms with Crippen LogP contribution >= 0.6 is 23.2 Å². The first-order valence-electron chi connectivity index (χ1n) is 6.08. The summed E-state index contributed by atoms with van der Waals surface area (Å²) in [6.45, 7) is 1.94. The maximum atomic E-state index is 11.9.